The zero-order valence-corrected chi connectivity index (χ0v) is 51.3. The number of phosphoric acid groups is 1. The molecule has 0 aromatic carbocycles. The van der Waals surface area contributed by atoms with Crippen LogP contribution in [-0.2, 0) is 18.4 Å². The maximum absolute atomic E-state index is 13.0. The Morgan fingerprint density at radius 1 is 0.455 bits per heavy atom. The van der Waals surface area contributed by atoms with E-state index < -0.39 is 20.0 Å². The Labute approximate surface area is 475 Å². The minimum absolute atomic E-state index is 0.0534. The molecule has 0 saturated carbocycles. The molecule has 77 heavy (non-hydrogen) atoms. The average molecular weight is 1090 g/mol. The zero-order chi connectivity index (χ0) is 56.3. The van der Waals surface area contributed by atoms with Gasteiger partial charge in [0.25, 0.3) is 0 Å². The molecule has 0 bridgehead atoms. The first-order valence-electron chi connectivity index (χ1n) is 31.4. The van der Waals surface area contributed by atoms with Gasteiger partial charge in [0.15, 0.2) is 0 Å². The van der Waals surface area contributed by atoms with Gasteiger partial charge in [0.1, 0.15) is 13.2 Å². The summed E-state index contributed by atoms with van der Waals surface area (Å²) in [6.07, 6.45) is 85.9. The predicted molar refractivity (Wildman–Crippen MR) is 336 cm³/mol. The smallest absolute Gasteiger partial charge is 0.387 e. The second-order valence-electron chi connectivity index (χ2n) is 22.1. The van der Waals surface area contributed by atoms with Crippen molar-refractivity contribution in [2.75, 3.05) is 40.9 Å². The normalized spacial score (nSPS) is 14.6. The van der Waals surface area contributed by atoms with E-state index in [0.29, 0.717) is 17.4 Å². The number of amides is 1. The number of carbonyl (C=O) groups is 1. The van der Waals surface area contributed by atoms with E-state index in [2.05, 4.69) is 129 Å². The summed E-state index contributed by atoms with van der Waals surface area (Å²) in [4.78, 5) is 23.4. The first kappa shape index (κ1) is 73.9. The quantitative estimate of drug-likeness (QED) is 0.0243. The van der Waals surface area contributed by atoms with Crippen molar-refractivity contribution in [3.63, 3.8) is 0 Å². The largest absolute Gasteiger partial charge is 0.472 e. The van der Waals surface area contributed by atoms with Gasteiger partial charge in [0.05, 0.1) is 39.9 Å². The van der Waals surface area contributed by atoms with Crippen LogP contribution in [0.1, 0.15) is 251 Å². The lowest BCUT2D eigenvalue weighted by Crippen LogP contribution is -2.45. The maximum Gasteiger partial charge on any atom is 0.472 e. The predicted octanol–water partition coefficient (Wildman–Crippen LogP) is 19.7. The topological polar surface area (TPSA) is 105 Å². The minimum Gasteiger partial charge on any atom is -0.387 e. The van der Waals surface area contributed by atoms with Crippen LogP contribution >= 0.6 is 7.82 Å². The van der Waals surface area contributed by atoms with E-state index in [0.717, 1.165) is 109 Å². The Hall–Kier alpha value is -3.10. The lowest BCUT2D eigenvalue weighted by atomic mass is 10.0. The summed E-state index contributed by atoms with van der Waals surface area (Å²) in [6.45, 7) is 4.70. The highest BCUT2D eigenvalue weighted by Gasteiger charge is 2.27. The summed E-state index contributed by atoms with van der Waals surface area (Å²) in [6, 6.07) is -0.862. The van der Waals surface area contributed by atoms with E-state index >= 15 is 0 Å². The van der Waals surface area contributed by atoms with Crippen LogP contribution in [-0.4, -0.2) is 73.4 Å². The highest BCUT2D eigenvalue weighted by molar-refractivity contribution is 7.47. The highest BCUT2D eigenvalue weighted by Crippen LogP contribution is 2.43. The second kappa shape index (κ2) is 57.6. The summed E-state index contributed by atoms with van der Waals surface area (Å²) < 4.78 is 23.7. The maximum atomic E-state index is 13.0. The number of hydrogen-bond donors (Lipinski definition) is 3. The van der Waals surface area contributed by atoms with Crippen molar-refractivity contribution in [2.24, 2.45) is 0 Å². The Bertz CT molecular complexity index is 1670. The molecule has 0 rings (SSSR count). The minimum atomic E-state index is -4.36. The van der Waals surface area contributed by atoms with Crippen LogP contribution in [0.25, 0.3) is 0 Å². The molecule has 0 heterocycles. The number of nitrogens with one attached hydrogen (secondary N) is 1. The molecule has 8 nitrogen and oxygen atoms in total. The number of aliphatic hydroxyl groups excluding tert-OH is 1. The van der Waals surface area contributed by atoms with E-state index in [9.17, 15) is 19.4 Å². The van der Waals surface area contributed by atoms with E-state index in [-0.39, 0.29) is 19.1 Å². The van der Waals surface area contributed by atoms with Crippen molar-refractivity contribution in [2.45, 2.75) is 264 Å². The third kappa shape index (κ3) is 60.4. The van der Waals surface area contributed by atoms with Crippen LogP contribution in [0.3, 0.4) is 0 Å². The molecule has 0 aliphatic heterocycles. The molecule has 0 aliphatic carbocycles. The standard InChI is InChI=1S/C68H119N2O6P/c1-6-8-10-12-14-16-18-20-22-24-26-28-29-30-31-32-33-34-35-36-37-38-39-40-41-42-44-46-48-50-52-54-56-58-60-62-68(72)69-66(65-76-77(73,74)75-64-63-70(3,4)5)67(71)61-59-57-55-53-51-49-47-45-43-27-25-23-21-19-17-15-13-11-9-7-2/h8,10,14,16,20,22,26,28,30-31,33-34,36-37,39-40,42,44,59,61,66-67,71H,6-7,9,11-13,15,17-19,21,23-25,27,29,32,35,38,41,43,45-58,60,62-65H2,1-5H3,(H-,69,72,73,74)/p+1/b10-8-,16-14-,22-20-,28-26-,31-30-,34-33-,37-36-,40-39-,44-42-,61-59+. The van der Waals surface area contributed by atoms with Gasteiger partial charge < -0.3 is 19.8 Å². The van der Waals surface area contributed by atoms with Crippen LogP contribution in [0.4, 0.5) is 0 Å². The first-order chi connectivity index (χ1) is 37.5. The Morgan fingerprint density at radius 2 is 0.779 bits per heavy atom. The number of carbonyl (C=O) groups excluding carboxylic acids is 1. The third-order valence-corrected chi connectivity index (χ3v) is 14.4. The van der Waals surface area contributed by atoms with Gasteiger partial charge in [-0.1, -0.05) is 277 Å². The molecule has 0 aliphatic rings. The van der Waals surface area contributed by atoms with Crippen LogP contribution < -0.4 is 5.32 Å². The number of quaternary nitrogens is 1. The number of unbranched alkanes of at least 4 members (excludes halogenated alkanes) is 25. The van der Waals surface area contributed by atoms with E-state index in [1.165, 1.54) is 122 Å². The molecule has 0 radical (unpaired) electrons. The molecular formula is C68H120N2O6P+. The SMILES string of the molecule is CC/C=C\C/C=C\C/C=C\C/C=C\C/C=C\C/C=C\C/C=C\C/C=C\C/C=C\CCCCCCCCCC(=O)NC(COP(=O)(O)OCC[N+](C)(C)C)C(O)/C=C/CCCCCCCCCCCCCCCCCCCC. The molecule has 0 aromatic heterocycles. The number of likely N-dealkylation sites (N-methyl/N-ethyl adjacent to an activating group) is 1. The van der Waals surface area contributed by atoms with Gasteiger partial charge in [-0.2, -0.15) is 0 Å². The number of aliphatic hydroxyl groups is 1. The van der Waals surface area contributed by atoms with Crippen molar-refractivity contribution >= 4 is 13.7 Å². The second-order valence-corrected chi connectivity index (χ2v) is 23.5. The fraction of sp³-hybridized carbons (Fsp3) is 0.691. The Kier molecular flexibility index (Phi) is 55.3. The van der Waals surface area contributed by atoms with Gasteiger partial charge in [-0.05, 0) is 89.9 Å². The monoisotopic (exact) mass is 1090 g/mol. The molecule has 0 saturated heterocycles. The molecule has 9 heteroatoms. The highest BCUT2D eigenvalue weighted by atomic mass is 31.2. The van der Waals surface area contributed by atoms with Crippen molar-refractivity contribution in [3.05, 3.63) is 122 Å². The summed E-state index contributed by atoms with van der Waals surface area (Å²) in [7, 11) is 1.55. The van der Waals surface area contributed by atoms with Crippen LogP contribution in [0.15, 0.2) is 122 Å². The fourth-order valence-electron chi connectivity index (χ4n) is 8.56. The first-order valence-corrected chi connectivity index (χ1v) is 32.9. The van der Waals surface area contributed by atoms with E-state index in [1.807, 2.05) is 27.2 Å². The third-order valence-electron chi connectivity index (χ3n) is 13.4. The fourth-order valence-corrected chi connectivity index (χ4v) is 9.30. The summed E-state index contributed by atoms with van der Waals surface area (Å²) >= 11 is 0. The molecule has 0 fully saturated rings. The number of phosphoric ester groups is 1. The van der Waals surface area contributed by atoms with Crippen LogP contribution in [0.2, 0.25) is 0 Å². The number of allylic oxidation sites excluding steroid dienone is 19. The summed E-state index contributed by atoms with van der Waals surface area (Å²) in [5, 5.41) is 14.0. The molecule has 442 valence electrons. The van der Waals surface area contributed by atoms with Gasteiger partial charge in [0.2, 0.25) is 5.91 Å². The Morgan fingerprint density at radius 3 is 1.14 bits per heavy atom. The molecule has 3 atom stereocenters. The van der Waals surface area contributed by atoms with E-state index in [1.54, 1.807) is 6.08 Å². The number of rotatable bonds is 56. The summed E-state index contributed by atoms with van der Waals surface area (Å²) in [5.41, 5.74) is 0. The molecular weight excluding hydrogens is 972 g/mol. The van der Waals surface area contributed by atoms with Gasteiger partial charge in [-0.3, -0.25) is 13.8 Å². The van der Waals surface area contributed by atoms with Crippen molar-refractivity contribution in [1.82, 2.24) is 5.32 Å². The van der Waals surface area contributed by atoms with E-state index in [4.69, 9.17) is 9.05 Å². The lowest BCUT2D eigenvalue weighted by molar-refractivity contribution is -0.870. The zero-order valence-electron chi connectivity index (χ0n) is 50.4. The van der Waals surface area contributed by atoms with Gasteiger partial charge >= 0.3 is 7.82 Å². The molecule has 3 unspecified atom stereocenters. The number of nitrogens with zero attached hydrogens (tertiary/aromatic N) is 1. The molecule has 0 aromatic rings. The average Bonchev–Trinajstić information content (AvgIpc) is 3.39. The van der Waals surface area contributed by atoms with Crippen molar-refractivity contribution in [3.8, 4) is 0 Å². The number of hydrogen-bond acceptors (Lipinski definition) is 5. The van der Waals surface area contributed by atoms with Crippen LogP contribution in [0, 0.1) is 0 Å². The van der Waals surface area contributed by atoms with Crippen LogP contribution in [0.5, 0.6) is 0 Å². The van der Waals surface area contributed by atoms with Gasteiger partial charge in [-0.25, -0.2) is 4.57 Å². The molecule has 3 N–H and O–H groups in total. The van der Waals surface area contributed by atoms with Crippen molar-refractivity contribution in [1.29, 1.82) is 0 Å². The van der Waals surface area contributed by atoms with Gasteiger partial charge in [0, 0.05) is 6.42 Å². The Balaban J connectivity index is 4.22. The van der Waals surface area contributed by atoms with Gasteiger partial charge in [-0.15, -0.1) is 0 Å². The van der Waals surface area contributed by atoms with Crippen molar-refractivity contribution < 1.29 is 32.9 Å². The summed E-state index contributed by atoms with van der Waals surface area (Å²) in [5.74, 6) is -0.191. The molecule has 0 spiro atoms. The molecule has 1 amide bonds. The lowest BCUT2D eigenvalue weighted by Gasteiger charge is -2.25.